The summed E-state index contributed by atoms with van der Waals surface area (Å²) < 4.78 is 5.12. The molecule has 17 heavy (non-hydrogen) atoms. The number of aromatic hydroxyl groups is 2. The average Bonchev–Trinajstić information content (AvgIpc) is 2.70. The van der Waals surface area contributed by atoms with Gasteiger partial charge in [-0.25, -0.2) is 0 Å². The molecule has 1 aromatic heterocycles. The highest BCUT2D eigenvalue weighted by Crippen LogP contribution is 2.30. The van der Waals surface area contributed by atoms with E-state index in [-0.39, 0.29) is 16.9 Å². The lowest BCUT2D eigenvalue weighted by atomic mass is 9.96. The normalized spacial score (nSPS) is 11.7. The Morgan fingerprint density at radius 3 is 2.35 bits per heavy atom. The first kappa shape index (κ1) is 11.4. The Morgan fingerprint density at radius 1 is 1.12 bits per heavy atom. The Kier molecular flexibility index (Phi) is 2.53. The van der Waals surface area contributed by atoms with Crippen molar-refractivity contribution in [3.63, 3.8) is 0 Å². The summed E-state index contributed by atoms with van der Waals surface area (Å²) in [6.07, 6.45) is 0. The quantitative estimate of drug-likeness (QED) is 0.741. The fourth-order valence-electron chi connectivity index (χ4n) is 1.30. The van der Waals surface area contributed by atoms with Crippen molar-refractivity contribution in [1.82, 2.24) is 10.1 Å². The lowest BCUT2D eigenvalue weighted by Crippen LogP contribution is -2.13. The van der Waals surface area contributed by atoms with E-state index in [1.54, 1.807) is 6.07 Å². The summed E-state index contributed by atoms with van der Waals surface area (Å²) in [6, 6.07) is 4.37. The summed E-state index contributed by atoms with van der Waals surface area (Å²) in [6.45, 7) is 5.95. The van der Waals surface area contributed by atoms with E-state index in [0.29, 0.717) is 17.3 Å². The summed E-state index contributed by atoms with van der Waals surface area (Å²) in [5, 5.41) is 22.5. The monoisotopic (exact) mass is 234 g/mol. The van der Waals surface area contributed by atoms with Crippen LogP contribution in [0.1, 0.15) is 26.6 Å². The highest BCUT2D eigenvalue weighted by atomic mass is 16.5. The van der Waals surface area contributed by atoms with Gasteiger partial charge in [-0.3, -0.25) is 0 Å². The third-order valence-electron chi connectivity index (χ3n) is 2.32. The van der Waals surface area contributed by atoms with Gasteiger partial charge in [0.2, 0.25) is 0 Å². The Morgan fingerprint density at radius 2 is 1.82 bits per heavy atom. The van der Waals surface area contributed by atoms with Crippen molar-refractivity contribution in [3.05, 3.63) is 24.0 Å². The molecular weight excluding hydrogens is 220 g/mol. The number of phenols is 2. The van der Waals surface area contributed by atoms with E-state index >= 15 is 0 Å². The Bertz CT molecular complexity index is 541. The Balaban J connectivity index is 2.40. The highest BCUT2D eigenvalue weighted by molar-refractivity contribution is 5.58. The maximum atomic E-state index is 9.39. The number of benzene rings is 1. The van der Waals surface area contributed by atoms with E-state index in [0.717, 1.165) is 0 Å². The first-order valence-electron chi connectivity index (χ1n) is 5.24. The van der Waals surface area contributed by atoms with Gasteiger partial charge in [0.15, 0.2) is 17.3 Å². The fourth-order valence-corrected chi connectivity index (χ4v) is 1.30. The molecule has 0 fully saturated rings. The molecule has 0 aliphatic heterocycles. The second-order valence-electron chi connectivity index (χ2n) is 4.88. The fraction of sp³-hybridized carbons (Fsp3) is 0.333. The minimum Gasteiger partial charge on any atom is -0.504 e. The van der Waals surface area contributed by atoms with Crippen molar-refractivity contribution in [3.8, 4) is 23.0 Å². The minimum atomic E-state index is -0.210. The van der Waals surface area contributed by atoms with Crippen LogP contribution in [-0.4, -0.2) is 20.4 Å². The van der Waals surface area contributed by atoms with E-state index in [4.69, 9.17) is 4.52 Å². The molecule has 2 N–H and O–H groups in total. The first-order valence-corrected chi connectivity index (χ1v) is 5.24. The molecule has 0 saturated heterocycles. The maximum absolute atomic E-state index is 9.39. The summed E-state index contributed by atoms with van der Waals surface area (Å²) in [5.41, 5.74) is 0.379. The number of aromatic nitrogens is 2. The van der Waals surface area contributed by atoms with Crippen LogP contribution in [0, 0.1) is 0 Å². The largest absolute Gasteiger partial charge is 0.504 e. The van der Waals surface area contributed by atoms with Gasteiger partial charge in [0.05, 0.1) is 0 Å². The molecule has 1 aromatic carbocycles. The molecule has 1 heterocycles. The third-order valence-corrected chi connectivity index (χ3v) is 2.32. The van der Waals surface area contributed by atoms with Crippen LogP contribution in [0.5, 0.6) is 11.5 Å². The van der Waals surface area contributed by atoms with Crippen molar-refractivity contribution >= 4 is 0 Å². The van der Waals surface area contributed by atoms with Crippen LogP contribution in [-0.2, 0) is 5.41 Å². The van der Waals surface area contributed by atoms with Gasteiger partial charge < -0.3 is 14.7 Å². The zero-order valence-corrected chi connectivity index (χ0v) is 9.93. The number of phenolic OH excluding ortho intramolecular Hbond substituents is 2. The summed E-state index contributed by atoms with van der Waals surface area (Å²) in [5.74, 6) is 0.535. The van der Waals surface area contributed by atoms with Crippen LogP contribution < -0.4 is 0 Å². The maximum Gasteiger partial charge on any atom is 0.258 e. The molecular formula is C12H14N2O3. The lowest BCUT2D eigenvalue weighted by Gasteiger charge is -2.10. The predicted molar refractivity (Wildman–Crippen MR) is 61.8 cm³/mol. The molecule has 0 aliphatic rings. The van der Waals surface area contributed by atoms with Crippen LogP contribution in [0.15, 0.2) is 22.7 Å². The molecule has 5 nitrogen and oxygen atoms in total. The molecule has 0 unspecified atom stereocenters. The summed E-state index contributed by atoms with van der Waals surface area (Å²) in [7, 11) is 0. The average molecular weight is 234 g/mol. The van der Waals surface area contributed by atoms with Gasteiger partial charge in [-0.2, -0.15) is 4.98 Å². The molecule has 0 amide bonds. The zero-order chi connectivity index (χ0) is 12.6. The summed E-state index contributed by atoms with van der Waals surface area (Å²) >= 11 is 0. The molecule has 0 spiro atoms. The van der Waals surface area contributed by atoms with Crippen LogP contribution in [0.25, 0.3) is 11.5 Å². The van der Waals surface area contributed by atoms with E-state index < -0.39 is 0 Å². The van der Waals surface area contributed by atoms with Crippen LogP contribution in [0.2, 0.25) is 0 Å². The molecule has 0 saturated carbocycles. The number of hydrogen-bond acceptors (Lipinski definition) is 5. The van der Waals surface area contributed by atoms with Gasteiger partial charge in [0.25, 0.3) is 5.89 Å². The van der Waals surface area contributed by atoms with Gasteiger partial charge in [0.1, 0.15) is 0 Å². The molecule has 0 aliphatic carbocycles. The highest BCUT2D eigenvalue weighted by Gasteiger charge is 2.21. The van der Waals surface area contributed by atoms with E-state index in [2.05, 4.69) is 10.1 Å². The van der Waals surface area contributed by atoms with E-state index in [9.17, 15) is 10.2 Å². The van der Waals surface area contributed by atoms with Crippen molar-refractivity contribution in [1.29, 1.82) is 0 Å². The van der Waals surface area contributed by atoms with Crippen LogP contribution in [0.4, 0.5) is 0 Å². The molecule has 2 aromatic rings. The SMILES string of the molecule is CC(C)(C)c1noc(-c2ccc(O)c(O)c2)n1. The molecule has 5 heteroatoms. The standard InChI is InChI=1S/C12H14N2O3/c1-12(2,3)11-13-10(17-14-11)7-4-5-8(15)9(16)6-7/h4-6,15-16H,1-3H3. The molecule has 0 radical (unpaired) electrons. The summed E-state index contributed by atoms with van der Waals surface area (Å²) in [4.78, 5) is 4.25. The smallest absolute Gasteiger partial charge is 0.258 e. The number of nitrogens with zero attached hydrogens (tertiary/aromatic N) is 2. The van der Waals surface area contributed by atoms with Gasteiger partial charge >= 0.3 is 0 Å². The minimum absolute atomic E-state index is 0.177. The van der Waals surface area contributed by atoms with E-state index in [1.165, 1.54) is 12.1 Å². The van der Waals surface area contributed by atoms with Crippen LogP contribution >= 0.6 is 0 Å². The van der Waals surface area contributed by atoms with Crippen LogP contribution in [0.3, 0.4) is 0 Å². The molecule has 0 atom stereocenters. The second-order valence-corrected chi connectivity index (χ2v) is 4.88. The molecule has 90 valence electrons. The van der Waals surface area contributed by atoms with Crippen molar-refractivity contribution < 1.29 is 14.7 Å². The Hall–Kier alpha value is -2.04. The van der Waals surface area contributed by atoms with Gasteiger partial charge in [-0.05, 0) is 18.2 Å². The Labute approximate surface area is 98.7 Å². The van der Waals surface area contributed by atoms with E-state index in [1.807, 2.05) is 20.8 Å². The zero-order valence-electron chi connectivity index (χ0n) is 9.93. The van der Waals surface area contributed by atoms with Gasteiger partial charge in [0, 0.05) is 11.0 Å². The van der Waals surface area contributed by atoms with Crippen molar-refractivity contribution in [2.24, 2.45) is 0 Å². The third kappa shape index (κ3) is 2.22. The molecule has 2 rings (SSSR count). The van der Waals surface area contributed by atoms with Crippen molar-refractivity contribution in [2.45, 2.75) is 26.2 Å². The topological polar surface area (TPSA) is 79.4 Å². The first-order chi connectivity index (χ1) is 7.88. The second kappa shape index (κ2) is 3.76. The lowest BCUT2D eigenvalue weighted by molar-refractivity contribution is 0.398. The van der Waals surface area contributed by atoms with Gasteiger partial charge in [-0.15, -0.1) is 0 Å². The molecule has 0 bridgehead atoms. The number of rotatable bonds is 1. The van der Waals surface area contributed by atoms with Crippen molar-refractivity contribution in [2.75, 3.05) is 0 Å². The number of hydrogen-bond donors (Lipinski definition) is 2. The predicted octanol–water partition coefficient (Wildman–Crippen LogP) is 2.45. The van der Waals surface area contributed by atoms with Gasteiger partial charge in [-0.1, -0.05) is 25.9 Å².